The zero-order chi connectivity index (χ0) is 8.55. The number of fused-ring (bicyclic) bond motifs is 1. The van der Waals surface area contributed by atoms with Crippen LogP contribution in [0.1, 0.15) is 11.4 Å². The van der Waals surface area contributed by atoms with Crippen LogP contribution < -0.4 is 5.73 Å². The first-order valence-corrected chi connectivity index (χ1v) is 3.81. The molecular weight excluding hydrogens is 152 g/mol. The molecule has 2 aromatic heterocycles. The van der Waals surface area contributed by atoms with Crippen LogP contribution in [0.2, 0.25) is 0 Å². The first kappa shape index (κ1) is 7.24. The number of hydrogen-bond acceptors (Lipinski definition) is 3. The average Bonchev–Trinajstić information content (AvgIpc) is 2.46. The quantitative estimate of drug-likeness (QED) is 0.664. The number of aryl methyl sites for hydroxylation is 1. The second kappa shape index (κ2) is 2.57. The second-order valence-electron chi connectivity index (χ2n) is 2.76. The monoisotopic (exact) mass is 162 g/mol. The van der Waals surface area contributed by atoms with Crippen LogP contribution in [0, 0.1) is 6.92 Å². The number of aromatic nitrogens is 3. The Balaban J connectivity index is 2.75. The lowest BCUT2D eigenvalue weighted by Gasteiger charge is -1.96. The van der Waals surface area contributed by atoms with E-state index in [4.69, 9.17) is 5.73 Å². The van der Waals surface area contributed by atoms with Crippen LogP contribution >= 0.6 is 0 Å². The van der Waals surface area contributed by atoms with Crippen molar-refractivity contribution in [3.63, 3.8) is 0 Å². The van der Waals surface area contributed by atoms with E-state index in [1.54, 1.807) is 0 Å². The van der Waals surface area contributed by atoms with Gasteiger partial charge in [-0.2, -0.15) is 0 Å². The van der Waals surface area contributed by atoms with Crippen molar-refractivity contribution < 1.29 is 0 Å². The summed E-state index contributed by atoms with van der Waals surface area (Å²) in [5, 5.41) is 7.91. The van der Waals surface area contributed by atoms with Gasteiger partial charge in [0.1, 0.15) is 0 Å². The van der Waals surface area contributed by atoms with Crippen molar-refractivity contribution in [3.8, 4) is 0 Å². The van der Waals surface area contributed by atoms with Crippen molar-refractivity contribution in [2.45, 2.75) is 13.5 Å². The summed E-state index contributed by atoms with van der Waals surface area (Å²) in [5.74, 6) is 0.800. The van der Waals surface area contributed by atoms with E-state index in [0.29, 0.717) is 6.54 Å². The van der Waals surface area contributed by atoms with Gasteiger partial charge in [0.25, 0.3) is 0 Å². The van der Waals surface area contributed by atoms with E-state index in [2.05, 4.69) is 10.2 Å². The van der Waals surface area contributed by atoms with Gasteiger partial charge in [0.05, 0.1) is 6.54 Å². The summed E-state index contributed by atoms with van der Waals surface area (Å²) in [6, 6.07) is 3.94. The van der Waals surface area contributed by atoms with Crippen molar-refractivity contribution in [1.29, 1.82) is 0 Å². The number of nitrogens with two attached hydrogens (primary N) is 1. The van der Waals surface area contributed by atoms with Crippen LogP contribution in [0.25, 0.3) is 5.65 Å². The Labute approximate surface area is 70.0 Å². The minimum Gasteiger partial charge on any atom is -0.324 e. The first-order chi connectivity index (χ1) is 5.81. The molecule has 62 valence electrons. The minimum absolute atomic E-state index is 0.421. The van der Waals surface area contributed by atoms with Gasteiger partial charge in [-0.1, -0.05) is 6.07 Å². The Kier molecular flexibility index (Phi) is 1.55. The predicted octanol–water partition coefficient (Wildman–Crippen LogP) is 0.496. The van der Waals surface area contributed by atoms with Crippen molar-refractivity contribution >= 4 is 5.65 Å². The Hall–Kier alpha value is -1.42. The summed E-state index contributed by atoms with van der Waals surface area (Å²) in [4.78, 5) is 0. The maximum absolute atomic E-state index is 5.49. The second-order valence-corrected chi connectivity index (χ2v) is 2.76. The van der Waals surface area contributed by atoms with E-state index in [9.17, 15) is 0 Å². The lowest BCUT2D eigenvalue weighted by molar-refractivity contribution is 0.880. The maximum atomic E-state index is 5.49. The average molecular weight is 162 g/mol. The third-order valence-corrected chi connectivity index (χ3v) is 1.80. The van der Waals surface area contributed by atoms with Crippen LogP contribution in [0.5, 0.6) is 0 Å². The van der Waals surface area contributed by atoms with Crippen LogP contribution in [0.15, 0.2) is 18.3 Å². The van der Waals surface area contributed by atoms with E-state index in [1.165, 1.54) is 5.56 Å². The molecule has 0 saturated carbocycles. The highest BCUT2D eigenvalue weighted by molar-refractivity contribution is 5.39. The van der Waals surface area contributed by atoms with Crippen molar-refractivity contribution in [1.82, 2.24) is 14.6 Å². The lowest BCUT2D eigenvalue weighted by Crippen LogP contribution is -2.02. The molecule has 0 spiro atoms. The molecule has 12 heavy (non-hydrogen) atoms. The Morgan fingerprint density at radius 2 is 2.25 bits per heavy atom. The van der Waals surface area contributed by atoms with Gasteiger partial charge in [-0.05, 0) is 18.6 Å². The molecule has 0 atom stereocenters. The summed E-state index contributed by atoms with van der Waals surface area (Å²) in [6.45, 7) is 2.45. The summed E-state index contributed by atoms with van der Waals surface area (Å²) >= 11 is 0. The fraction of sp³-hybridized carbons (Fsp3) is 0.250. The molecule has 4 heteroatoms. The fourth-order valence-electron chi connectivity index (χ4n) is 1.18. The Bertz CT molecular complexity index is 404. The predicted molar refractivity (Wildman–Crippen MR) is 45.6 cm³/mol. The summed E-state index contributed by atoms with van der Waals surface area (Å²) in [5.41, 5.74) is 7.51. The molecule has 0 radical (unpaired) electrons. The van der Waals surface area contributed by atoms with Gasteiger partial charge in [0, 0.05) is 6.20 Å². The van der Waals surface area contributed by atoms with E-state index >= 15 is 0 Å². The third-order valence-electron chi connectivity index (χ3n) is 1.80. The molecule has 0 bridgehead atoms. The van der Waals surface area contributed by atoms with Gasteiger partial charge < -0.3 is 5.73 Å². The normalized spacial score (nSPS) is 10.8. The highest BCUT2D eigenvalue weighted by Crippen LogP contribution is 2.04. The zero-order valence-corrected chi connectivity index (χ0v) is 6.86. The molecule has 0 aliphatic carbocycles. The fourth-order valence-corrected chi connectivity index (χ4v) is 1.18. The Morgan fingerprint density at radius 1 is 1.42 bits per heavy atom. The molecule has 4 nitrogen and oxygen atoms in total. The van der Waals surface area contributed by atoms with Crippen LogP contribution in [0.4, 0.5) is 0 Å². The van der Waals surface area contributed by atoms with Crippen LogP contribution in [0.3, 0.4) is 0 Å². The molecule has 0 aliphatic rings. The number of nitrogens with zero attached hydrogens (tertiary/aromatic N) is 3. The summed E-state index contributed by atoms with van der Waals surface area (Å²) in [6.07, 6.45) is 1.98. The van der Waals surface area contributed by atoms with Crippen LogP contribution in [-0.2, 0) is 6.54 Å². The zero-order valence-electron chi connectivity index (χ0n) is 6.86. The number of pyridine rings is 1. The van der Waals surface area contributed by atoms with Gasteiger partial charge in [0.15, 0.2) is 11.5 Å². The SMILES string of the molecule is Cc1ccc2nnc(CN)n2c1. The van der Waals surface area contributed by atoms with E-state index in [0.717, 1.165) is 11.5 Å². The van der Waals surface area contributed by atoms with Crippen LogP contribution in [-0.4, -0.2) is 14.6 Å². The summed E-state index contributed by atoms with van der Waals surface area (Å²) in [7, 11) is 0. The number of hydrogen-bond donors (Lipinski definition) is 1. The topological polar surface area (TPSA) is 56.2 Å². The molecule has 0 saturated heterocycles. The van der Waals surface area contributed by atoms with Crippen molar-refractivity contribution in [3.05, 3.63) is 29.7 Å². The molecule has 0 amide bonds. The highest BCUT2D eigenvalue weighted by Gasteiger charge is 2.01. The largest absolute Gasteiger partial charge is 0.324 e. The molecule has 0 fully saturated rings. The molecule has 2 heterocycles. The van der Waals surface area contributed by atoms with Gasteiger partial charge in [-0.25, -0.2) is 0 Å². The molecule has 0 unspecified atom stereocenters. The van der Waals surface area contributed by atoms with Gasteiger partial charge in [0.2, 0.25) is 0 Å². The molecule has 2 rings (SSSR count). The van der Waals surface area contributed by atoms with E-state index < -0.39 is 0 Å². The molecular formula is C8H10N4. The third kappa shape index (κ3) is 0.967. The maximum Gasteiger partial charge on any atom is 0.160 e. The summed E-state index contributed by atoms with van der Waals surface area (Å²) < 4.78 is 1.91. The Morgan fingerprint density at radius 3 is 3.00 bits per heavy atom. The highest BCUT2D eigenvalue weighted by atomic mass is 15.2. The number of rotatable bonds is 1. The molecule has 0 aromatic carbocycles. The van der Waals surface area contributed by atoms with Gasteiger partial charge in [-0.3, -0.25) is 4.40 Å². The lowest BCUT2D eigenvalue weighted by atomic mass is 10.3. The van der Waals surface area contributed by atoms with Gasteiger partial charge in [-0.15, -0.1) is 10.2 Å². The smallest absolute Gasteiger partial charge is 0.160 e. The van der Waals surface area contributed by atoms with Crippen molar-refractivity contribution in [2.75, 3.05) is 0 Å². The molecule has 0 aliphatic heterocycles. The van der Waals surface area contributed by atoms with Gasteiger partial charge >= 0.3 is 0 Å². The van der Waals surface area contributed by atoms with Crippen molar-refractivity contribution in [2.24, 2.45) is 5.73 Å². The molecule has 2 N–H and O–H groups in total. The first-order valence-electron chi connectivity index (χ1n) is 3.81. The van der Waals surface area contributed by atoms with E-state index in [1.807, 2.05) is 29.7 Å². The standard InChI is InChI=1S/C8H10N4/c1-6-2-3-7-10-11-8(4-9)12(7)5-6/h2-3,5H,4,9H2,1H3. The minimum atomic E-state index is 0.421. The molecule has 2 aromatic rings. The van der Waals surface area contributed by atoms with E-state index in [-0.39, 0.29) is 0 Å².